The van der Waals surface area contributed by atoms with Crippen molar-refractivity contribution in [1.29, 1.82) is 0 Å². The van der Waals surface area contributed by atoms with Gasteiger partial charge in [-0.15, -0.1) is 0 Å². The second-order valence-electron chi connectivity index (χ2n) is 7.14. The van der Waals surface area contributed by atoms with Gasteiger partial charge in [-0.1, -0.05) is 66.2 Å². The Morgan fingerprint density at radius 2 is 1.65 bits per heavy atom. The standard InChI is InChI=1S/C26H17ClO4/c27-20-12-11-19-14-23(29)25(24(21(19)15-20)17-4-2-1-3-5-17)22(28)13-8-16-6-9-18(10-7-16)26(30)31/h1-13,15H,14H2,(H,30,31). The van der Waals surface area contributed by atoms with E-state index >= 15 is 0 Å². The highest BCUT2D eigenvalue weighted by Gasteiger charge is 2.29. The molecule has 3 aromatic rings. The molecule has 3 aromatic carbocycles. The molecule has 1 aliphatic carbocycles. The van der Waals surface area contributed by atoms with Crippen molar-refractivity contribution in [1.82, 2.24) is 0 Å². The summed E-state index contributed by atoms with van der Waals surface area (Å²) in [5, 5.41) is 9.54. The number of carbonyl (C=O) groups is 3. The summed E-state index contributed by atoms with van der Waals surface area (Å²) in [4.78, 5) is 37.1. The lowest BCUT2D eigenvalue weighted by molar-refractivity contribution is -0.119. The first kappa shape index (κ1) is 20.5. The minimum atomic E-state index is -1.02. The fourth-order valence-electron chi connectivity index (χ4n) is 3.63. The highest BCUT2D eigenvalue weighted by atomic mass is 35.5. The number of hydrogen-bond donors (Lipinski definition) is 1. The molecule has 0 amide bonds. The number of aromatic carboxylic acids is 1. The van der Waals surface area contributed by atoms with Crippen molar-refractivity contribution < 1.29 is 19.5 Å². The molecule has 5 heteroatoms. The van der Waals surface area contributed by atoms with Crippen LogP contribution in [0.5, 0.6) is 0 Å². The monoisotopic (exact) mass is 428 g/mol. The lowest BCUT2D eigenvalue weighted by Crippen LogP contribution is -2.21. The van der Waals surface area contributed by atoms with Crippen molar-refractivity contribution in [3.05, 3.63) is 117 Å². The van der Waals surface area contributed by atoms with E-state index in [0.29, 0.717) is 16.2 Å². The van der Waals surface area contributed by atoms with Gasteiger partial charge in [0.2, 0.25) is 0 Å². The van der Waals surface area contributed by atoms with Gasteiger partial charge in [-0.2, -0.15) is 0 Å². The summed E-state index contributed by atoms with van der Waals surface area (Å²) in [6, 6.07) is 20.8. The van der Waals surface area contributed by atoms with Gasteiger partial charge in [0.1, 0.15) is 0 Å². The van der Waals surface area contributed by atoms with Gasteiger partial charge in [0, 0.05) is 17.0 Å². The fraction of sp³-hybridized carbons (Fsp3) is 0.0385. The van der Waals surface area contributed by atoms with Crippen molar-refractivity contribution in [2.45, 2.75) is 6.42 Å². The second-order valence-corrected chi connectivity index (χ2v) is 7.58. The maximum atomic E-state index is 13.1. The van der Waals surface area contributed by atoms with Gasteiger partial charge in [0.15, 0.2) is 11.6 Å². The third kappa shape index (κ3) is 4.25. The van der Waals surface area contributed by atoms with Crippen LogP contribution in [0.3, 0.4) is 0 Å². The number of carbonyl (C=O) groups excluding carboxylic acids is 2. The smallest absolute Gasteiger partial charge is 0.335 e. The Hall–Kier alpha value is -3.76. The molecular weight excluding hydrogens is 412 g/mol. The molecular formula is C26H17ClO4. The first-order chi connectivity index (χ1) is 14.9. The molecule has 1 aliphatic rings. The van der Waals surface area contributed by atoms with E-state index in [9.17, 15) is 14.4 Å². The second kappa shape index (κ2) is 8.54. The van der Waals surface area contributed by atoms with E-state index in [2.05, 4.69) is 0 Å². The maximum Gasteiger partial charge on any atom is 0.335 e. The molecule has 0 unspecified atom stereocenters. The first-order valence-electron chi connectivity index (χ1n) is 9.61. The Balaban J connectivity index is 1.79. The molecule has 1 N–H and O–H groups in total. The van der Waals surface area contributed by atoms with E-state index in [1.807, 2.05) is 36.4 Å². The van der Waals surface area contributed by atoms with Gasteiger partial charge in [-0.25, -0.2) is 4.79 Å². The highest BCUT2D eigenvalue weighted by molar-refractivity contribution is 6.33. The summed E-state index contributed by atoms with van der Waals surface area (Å²) in [5.41, 5.74) is 3.89. The molecule has 0 spiro atoms. The Kier molecular flexibility index (Phi) is 5.65. The van der Waals surface area contributed by atoms with Crippen molar-refractivity contribution in [3.8, 4) is 0 Å². The van der Waals surface area contributed by atoms with Gasteiger partial charge in [0.25, 0.3) is 0 Å². The summed E-state index contributed by atoms with van der Waals surface area (Å²) in [6.45, 7) is 0. The summed E-state index contributed by atoms with van der Waals surface area (Å²) in [6.07, 6.45) is 3.05. The molecule has 0 saturated carbocycles. The van der Waals surface area contributed by atoms with Crippen molar-refractivity contribution in [2.24, 2.45) is 0 Å². The fourth-order valence-corrected chi connectivity index (χ4v) is 3.80. The largest absolute Gasteiger partial charge is 0.478 e. The average Bonchev–Trinajstić information content (AvgIpc) is 2.77. The van der Waals surface area contributed by atoms with E-state index in [4.69, 9.17) is 16.7 Å². The van der Waals surface area contributed by atoms with Crippen molar-refractivity contribution >= 4 is 40.8 Å². The topological polar surface area (TPSA) is 71.4 Å². The maximum absolute atomic E-state index is 13.1. The molecule has 31 heavy (non-hydrogen) atoms. The Morgan fingerprint density at radius 1 is 0.935 bits per heavy atom. The highest BCUT2D eigenvalue weighted by Crippen LogP contribution is 2.36. The Bertz CT molecular complexity index is 1250. The number of Topliss-reactive ketones (excluding diaryl/α,β-unsaturated/α-hetero) is 1. The number of carboxylic acid groups (broad SMARTS) is 1. The SMILES string of the molecule is O=C(C=Cc1ccc(C(=O)O)cc1)C1=C(c2ccccc2)c2cc(Cl)ccc2CC1=O. The van der Waals surface area contributed by atoms with E-state index in [1.54, 1.807) is 30.3 Å². The summed E-state index contributed by atoms with van der Waals surface area (Å²) in [7, 11) is 0. The third-order valence-corrected chi connectivity index (χ3v) is 5.35. The number of allylic oxidation sites excluding steroid dienone is 2. The molecule has 4 nitrogen and oxygen atoms in total. The molecule has 0 saturated heterocycles. The van der Waals surface area contributed by atoms with E-state index in [0.717, 1.165) is 16.7 Å². The van der Waals surface area contributed by atoms with Crippen LogP contribution in [0.25, 0.3) is 11.6 Å². The zero-order valence-corrected chi connectivity index (χ0v) is 17.1. The minimum absolute atomic E-state index is 0.124. The number of fused-ring (bicyclic) bond motifs is 1. The van der Waals surface area contributed by atoms with Gasteiger partial charge in [0.05, 0.1) is 11.1 Å². The number of carboxylic acids is 1. The molecule has 0 aliphatic heterocycles. The van der Waals surface area contributed by atoms with Crippen LogP contribution in [0.2, 0.25) is 5.02 Å². The molecule has 152 valence electrons. The molecule has 0 atom stereocenters. The predicted molar refractivity (Wildman–Crippen MR) is 120 cm³/mol. The number of rotatable bonds is 5. The lowest BCUT2D eigenvalue weighted by Gasteiger charge is -2.22. The van der Waals surface area contributed by atoms with Crippen LogP contribution < -0.4 is 0 Å². The van der Waals surface area contributed by atoms with Crippen LogP contribution in [-0.4, -0.2) is 22.6 Å². The Labute approximate surface area is 184 Å². The lowest BCUT2D eigenvalue weighted by atomic mass is 9.80. The molecule has 0 radical (unpaired) electrons. The van der Waals surface area contributed by atoms with Crippen molar-refractivity contribution in [3.63, 3.8) is 0 Å². The number of halogens is 1. The van der Waals surface area contributed by atoms with Gasteiger partial charge in [-0.05, 0) is 52.6 Å². The third-order valence-electron chi connectivity index (χ3n) is 5.11. The predicted octanol–water partition coefficient (Wildman–Crippen LogP) is 5.25. The summed E-state index contributed by atoms with van der Waals surface area (Å²) in [5.74, 6) is -1.67. The van der Waals surface area contributed by atoms with Crippen LogP contribution in [0.4, 0.5) is 0 Å². The number of ketones is 2. The zero-order chi connectivity index (χ0) is 22.0. The van der Waals surface area contributed by atoms with E-state index in [-0.39, 0.29) is 23.3 Å². The van der Waals surface area contributed by atoms with E-state index < -0.39 is 11.8 Å². The molecule has 0 bridgehead atoms. The van der Waals surface area contributed by atoms with Crippen molar-refractivity contribution in [2.75, 3.05) is 0 Å². The molecule has 4 rings (SSSR count). The van der Waals surface area contributed by atoms with Crippen LogP contribution >= 0.6 is 11.6 Å². The van der Waals surface area contributed by atoms with Gasteiger partial charge in [-0.3, -0.25) is 9.59 Å². The van der Waals surface area contributed by atoms with Crippen LogP contribution in [0.15, 0.2) is 84.4 Å². The van der Waals surface area contributed by atoms with Crippen LogP contribution in [0, 0.1) is 0 Å². The zero-order valence-electron chi connectivity index (χ0n) is 16.3. The number of hydrogen-bond acceptors (Lipinski definition) is 3. The molecule has 0 heterocycles. The molecule has 0 aromatic heterocycles. The quantitative estimate of drug-likeness (QED) is 0.445. The molecule has 0 fully saturated rings. The van der Waals surface area contributed by atoms with Gasteiger partial charge < -0.3 is 5.11 Å². The Morgan fingerprint density at radius 3 is 2.32 bits per heavy atom. The van der Waals surface area contributed by atoms with E-state index in [1.165, 1.54) is 18.2 Å². The summed E-state index contributed by atoms with van der Waals surface area (Å²) >= 11 is 6.22. The summed E-state index contributed by atoms with van der Waals surface area (Å²) < 4.78 is 0. The normalized spacial score (nSPS) is 13.4. The minimum Gasteiger partial charge on any atom is -0.478 e. The number of benzene rings is 3. The first-order valence-corrected chi connectivity index (χ1v) is 9.99. The average molecular weight is 429 g/mol. The van der Waals surface area contributed by atoms with Crippen LogP contribution in [-0.2, 0) is 16.0 Å². The van der Waals surface area contributed by atoms with Gasteiger partial charge >= 0.3 is 5.97 Å². The van der Waals surface area contributed by atoms with Crippen LogP contribution in [0.1, 0.15) is 32.6 Å².